The SMILES string of the molecule is CC1([C@@]2(O)CC[C@@H]3[C@]2(C)CC=C2C45CCC6(CC4(CC[C@]23N)O5)OCCO6)CCCO1. The summed E-state index contributed by atoms with van der Waals surface area (Å²) in [5.74, 6) is -0.196. The van der Waals surface area contributed by atoms with E-state index in [0.29, 0.717) is 13.2 Å². The maximum Gasteiger partial charge on any atom is 0.171 e. The zero-order valence-electron chi connectivity index (χ0n) is 19.0. The summed E-state index contributed by atoms with van der Waals surface area (Å²) in [5, 5.41) is 12.2. The van der Waals surface area contributed by atoms with E-state index in [1.807, 2.05) is 0 Å². The summed E-state index contributed by atoms with van der Waals surface area (Å²) in [6.45, 7) is 6.54. The Labute approximate surface area is 184 Å². The number of aliphatic hydroxyl groups is 1. The minimum absolute atomic E-state index is 0.173. The van der Waals surface area contributed by atoms with E-state index >= 15 is 0 Å². The van der Waals surface area contributed by atoms with E-state index in [4.69, 9.17) is 24.7 Å². The molecule has 1 spiro atoms. The quantitative estimate of drug-likeness (QED) is 0.490. The molecule has 0 amide bonds. The van der Waals surface area contributed by atoms with Crippen LogP contribution in [0.15, 0.2) is 11.6 Å². The molecule has 3 saturated carbocycles. The standard InChI is InChI=1S/C25H37NO5/c1-19-7-4-18-23(26,17(19)5-8-25(19,27)20(2)6-3-13-28-20)11-9-21-16-22(29-14-15-30-22)10-12-24(18,21)31-21/h4,17,27H,3,5-16,26H2,1-2H3/t17-,19+,20?,21?,23-,24?,25-/m1/s1. The molecule has 3 unspecified atom stereocenters. The molecule has 172 valence electrons. The van der Waals surface area contributed by atoms with Crippen molar-refractivity contribution in [3.63, 3.8) is 0 Å². The maximum atomic E-state index is 12.2. The first kappa shape index (κ1) is 19.9. The van der Waals surface area contributed by atoms with Crippen LogP contribution in [0, 0.1) is 11.3 Å². The third-order valence-electron chi connectivity index (χ3n) is 11.1. The molecule has 6 heteroatoms. The van der Waals surface area contributed by atoms with E-state index in [2.05, 4.69) is 19.9 Å². The van der Waals surface area contributed by atoms with E-state index < -0.39 is 22.5 Å². The number of nitrogens with two attached hydrogens (primary N) is 1. The lowest BCUT2D eigenvalue weighted by Crippen LogP contribution is -2.68. The first-order chi connectivity index (χ1) is 14.7. The smallest absolute Gasteiger partial charge is 0.171 e. The first-order valence-electron chi connectivity index (χ1n) is 12.5. The zero-order chi connectivity index (χ0) is 21.4. The summed E-state index contributed by atoms with van der Waals surface area (Å²) in [6.07, 6.45) is 11.4. The Morgan fingerprint density at radius 2 is 1.77 bits per heavy atom. The number of ether oxygens (including phenoxy) is 4. The molecule has 6 fully saturated rings. The monoisotopic (exact) mass is 431 g/mol. The first-order valence-corrected chi connectivity index (χ1v) is 12.5. The van der Waals surface area contributed by atoms with Crippen LogP contribution in [0.2, 0.25) is 0 Å². The van der Waals surface area contributed by atoms with Gasteiger partial charge in [0, 0.05) is 30.4 Å². The van der Waals surface area contributed by atoms with Crippen molar-refractivity contribution in [1.82, 2.24) is 0 Å². The summed E-state index contributed by atoms with van der Waals surface area (Å²) in [4.78, 5) is 0. The van der Waals surface area contributed by atoms with Gasteiger partial charge in [0.05, 0.1) is 24.4 Å². The topological polar surface area (TPSA) is 86.5 Å². The van der Waals surface area contributed by atoms with Crippen LogP contribution < -0.4 is 5.73 Å². The summed E-state index contributed by atoms with van der Waals surface area (Å²) < 4.78 is 25.0. The average molecular weight is 432 g/mol. The normalized spacial score (nSPS) is 59.0. The van der Waals surface area contributed by atoms with Crippen molar-refractivity contribution in [3.8, 4) is 0 Å². The van der Waals surface area contributed by atoms with Gasteiger partial charge < -0.3 is 29.8 Å². The molecule has 3 aliphatic heterocycles. The van der Waals surface area contributed by atoms with Gasteiger partial charge in [0.15, 0.2) is 5.79 Å². The molecular weight excluding hydrogens is 394 g/mol. The number of rotatable bonds is 1. The van der Waals surface area contributed by atoms with E-state index in [-0.39, 0.29) is 22.5 Å². The molecule has 0 aromatic carbocycles. The predicted octanol–water partition coefficient (Wildman–Crippen LogP) is 2.96. The fraction of sp³-hybridized carbons (Fsp3) is 0.920. The Morgan fingerprint density at radius 1 is 0.968 bits per heavy atom. The van der Waals surface area contributed by atoms with Gasteiger partial charge in [-0.3, -0.25) is 0 Å². The van der Waals surface area contributed by atoms with Gasteiger partial charge in [-0.1, -0.05) is 13.0 Å². The van der Waals surface area contributed by atoms with Crippen LogP contribution >= 0.6 is 0 Å². The van der Waals surface area contributed by atoms with E-state index in [0.717, 1.165) is 70.8 Å². The van der Waals surface area contributed by atoms with Gasteiger partial charge in [0.25, 0.3) is 0 Å². The molecule has 4 aliphatic carbocycles. The van der Waals surface area contributed by atoms with Gasteiger partial charge in [0.1, 0.15) is 11.2 Å². The Bertz CT molecular complexity index is 862. The van der Waals surface area contributed by atoms with Crippen molar-refractivity contribution in [3.05, 3.63) is 11.6 Å². The summed E-state index contributed by atoms with van der Waals surface area (Å²) in [7, 11) is 0. The number of epoxide rings is 1. The van der Waals surface area contributed by atoms with Crippen molar-refractivity contribution in [2.24, 2.45) is 17.1 Å². The summed E-state index contributed by atoms with van der Waals surface area (Å²) in [6, 6.07) is 0. The lowest BCUT2D eigenvalue weighted by Gasteiger charge is -2.59. The lowest BCUT2D eigenvalue weighted by atomic mass is 9.48. The Kier molecular flexibility index (Phi) is 3.59. The number of hydrogen-bond acceptors (Lipinski definition) is 6. The molecule has 0 bridgehead atoms. The van der Waals surface area contributed by atoms with Crippen molar-refractivity contribution in [1.29, 1.82) is 0 Å². The van der Waals surface area contributed by atoms with Crippen LogP contribution in [0.3, 0.4) is 0 Å². The molecule has 7 rings (SSSR count). The second-order valence-corrected chi connectivity index (χ2v) is 12.1. The van der Waals surface area contributed by atoms with Crippen LogP contribution in [0.25, 0.3) is 0 Å². The van der Waals surface area contributed by atoms with Gasteiger partial charge in [-0.25, -0.2) is 0 Å². The Morgan fingerprint density at radius 3 is 2.52 bits per heavy atom. The van der Waals surface area contributed by atoms with Crippen molar-refractivity contribution < 1.29 is 24.1 Å². The van der Waals surface area contributed by atoms with Crippen molar-refractivity contribution >= 4 is 0 Å². The lowest BCUT2D eigenvalue weighted by molar-refractivity contribution is -0.208. The second-order valence-electron chi connectivity index (χ2n) is 12.1. The summed E-state index contributed by atoms with van der Waals surface area (Å²) >= 11 is 0. The number of allylic oxidation sites excluding steroid dienone is 1. The Hall–Kier alpha value is -0.500. The molecule has 0 aromatic rings. The molecule has 3 heterocycles. The molecule has 31 heavy (non-hydrogen) atoms. The van der Waals surface area contributed by atoms with Crippen molar-refractivity contribution in [2.45, 2.75) is 112 Å². The van der Waals surface area contributed by atoms with Crippen LogP contribution in [0.1, 0.15) is 78.1 Å². The van der Waals surface area contributed by atoms with Crippen LogP contribution in [0.4, 0.5) is 0 Å². The highest BCUT2D eigenvalue weighted by Crippen LogP contribution is 2.75. The minimum Gasteiger partial charge on any atom is -0.386 e. The highest BCUT2D eigenvalue weighted by atomic mass is 16.7. The second kappa shape index (κ2) is 5.59. The highest BCUT2D eigenvalue weighted by Gasteiger charge is 2.82. The maximum absolute atomic E-state index is 12.2. The molecule has 3 saturated heterocycles. The van der Waals surface area contributed by atoms with E-state index in [1.54, 1.807) is 0 Å². The molecule has 7 aliphatic rings. The van der Waals surface area contributed by atoms with Gasteiger partial charge >= 0.3 is 0 Å². The molecule has 6 nitrogen and oxygen atoms in total. The fourth-order valence-electron chi connectivity index (χ4n) is 9.48. The predicted molar refractivity (Wildman–Crippen MR) is 113 cm³/mol. The summed E-state index contributed by atoms with van der Waals surface area (Å²) in [5.41, 5.74) is 6.31. The van der Waals surface area contributed by atoms with Crippen molar-refractivity contribution in [2.75, 3.05) is 19.8 Å². The van der Waals surface area contributed by atoms with Crippen LogP contribution in [-0.4, -0.2) is 58.7 Å². The minimum atomic E-state index is -0.839. The van der Waals surface area contributed by atoms with Crippen LogP contribution in [-0.2, 0) is 18.9 Å². The molecule has 3 N–H and O–H groups in total. The average Bonchev–Trinajstić information content (AvgIpc) is 3.07. The Balaban J connectivity index is 1.27. The van der Waals surface area contributed by atoms with Gasteiger partial charge in [-0.05, 0) is 69.8 Å². The van der Waals surface area contributed by atoms with Crippen LogP contribution in [0.5, 0.6) is 0 Å². The largest absolute Gasteiger partial charge is 0.386 e. The third-order valence-corrected chi connectivity index (χ3v) is 11.1. The van der Waals surface area contributed by atoms with E-state index in [9.17, 15) is 5.11 Å². The third kappa shape index (κ3) is 2.04. The van der Waals surface area contributed by atoms with E-state index in [1.165, 1.54) is 5.57 Å². The molecule has 0 aromatic heterocycles. The number of fused-ring (bicyclic) bond motifs is 3. The molecule has 7 atom stereocenters. The fourth-order valence-corrected chi connectivity index (χ4v) is 9.48. The zero-order valence-corrected chi connectivity index (χ0v) is 19.0. The van der Waals surface area contributed by atoms with Gasteiger partial charge in [-0.2, -0.15) is 0 Å². The molecule has 0 radical (unpaired) electrons. The molecular formula is C25H37NO5. The highest BCUT2D eigenvalue weighted by molar-refractivity contribution is 5.49. The van der Waals surface area contributed by atoms with Gasteiger partial charge in [-0.15, -0.1) is 0 Å². The number of hydrogen-bond donors (Lipinski definition) is 2. The van der Waals surface area contributed by atoms with Gasteiger partial charge in [0.2, 0.25) is 0 Å².